The lowest BCUT2D eigenvalue weighted by atomic mass is 9.79. The van der Waals surface area contributed by atoms with Crippen LogP contribution in [0.5, 0.6) is 0 Å². The van der Waals surface area contributed by atoms with E-state index in [-0.39, 0.29) is 24.5 Å². The summed E-state index contributed by atoms with van der Waals surface area (Å²) in [5.74, 6) is -1.64. The molecule has 1 rings (SSSR count). The molecule has 2 unspecified atom stereocenters. The molecular weight excluding hydrogens is 687 g/mol. The number of halogens is 1. The van der Waals surface area contributed by atoms with Crippen LogP contribution in [0.25, 0.3) is 0 Å². The second-order valence-corrected chi connectivity index (χ2v) is 14.6. The van der Waals surface area contributed by atoms with Crippen LogP contribution >= 0.6 is 22.6 Å². The number of rotatable bonds is 17. The SMILES string of the molecule is CCC(O)[C@H](C)[C@@H](O[C@@H]1O[C@H](C)CC(N(C)C)[C@H]1OC(C)=O)[C@](C)(O)C[C@@H](C)CN(C)[C@H](C)[C@@H](O)[C@](C)(O)[C@@H](I)OC(C)=O. The highest BCUT2D eigenvalue weighted by Crippen LogP contribution is 2.36. The number of hydrogen-bond acceptors (Lipinski definition) is 12. The first-order chi connectivity index (χ1) is 20.1. The molecule has 0 aromatic carbocycles. The predicted molar refractivity (Wildman–Crippen MR) is 175 cm³/mol. The van der Waals surface area contributed by atoms with Crippen LogP contribution in [0.15, 0.2) is 0 Å². The molecule has 13 heteroatoms. The van der Waals surface area contributed by atoms with E-state index in [0.29, 0.717) is 19.4 Å². The molecule has 0 aromatic heterocycles. The highest BCUT2D eigenvalue weighted by molar-refractivity contribution is 14.1. The predicted octanol–water partition coefficient (Wildman–Crippen LogP) is 2.31. The van der Waals surface area contributed by atoms with Gasteiger partial charge in [0.1, 0.15) is 11.7 Å². The maximum absolute atomic E-state index is 12.1. The molecule has 13 atom stereocenters. The lowest BCUT2D eigenvalue weighted by Crippen LogP contribution is -2.60. The monoisotopic (exact) mass is 746 g/mol. The molecule has 260 valence electrons. The van der Waals surface area contributed by atoms with Crippen molar-refractivity contribution >= 4 is 34.5 Å². The Labute approximate surface area is 277 Å². The Morgan fingerprint density at radius 2 is 1.64 bits per heavy atom. The Balaban J connectivity index is 3.20. The van der Waals surface area contributed by atoms with E-state index in [9.17, 15) is 30.0 Å². The number of ether oxygens (including phenoxy) is 4. The third-order valence-electron chi connectivity index (χ3n) is 8.79. The van der Waals surface area contributed by atoms with Gasteiger partial charge in [0.2, 0.25) is 0 Å². The summed E-state index contributed by atoms with van der Waals surface area (Å²) >= 11 is 1.79. The zero-order valence-electron chi connectivity index (χ0n) is 28.7. The van der Waals surface area contributed by atoms with E-state index >= 15 is 0 Å². The zero-order chi connectivity index (χ0) is 34.3. The first kappa shape index (κ1) is 41.4. The largest absolute Gasteiger partial charge is 0.455 e. The molecule has 0 spiro atoms. The lowest BCUT2D eigenvalue weighted by molar-refractivity contribution is -0.300. The van der Waals surface area contributed by atoms with E-state index in [0.717, 1.165) is 0 Å². The fraction of sp³-hybridized carbons (Fsp3) is 0.935. The van der Waals surface area contributed by atoms with Gasteiger partial charge in [-0.3, -0.25) is 9.59 Å². The second kappa shape index (κ2) is 17.5. The average Bonchev–Trinajstić information content (AvgIpc) is 2.89. The molecule has 12 nitrogen and oxygen atoms in total. The standard InChI is InChI=1S/C31H59IN2O10/c1-13-24(37)19(4)27(44-28-25(42-21(6)35)23(33(10)11)14-18(3)41-28)30(8,39)15-17(2)16-34(12)20(5)26(38)31(9,40)29(32)43-22(7)36/h17-20,23-29,37-40H,13-16H2,1-12H3/t17-,18-,19+,20-,23?,24?,25-,26-,27-,28+,29+,30-,31+/m1/s1. The third kappa shape index (κ3) is 11.5. The Bertz CT molecular complexity index is 907. The minimum atomic E-state index is -1.71. The number of hydrogen-bond donors (Lipinski definition) is 4. The Hall–Kier alpha value is -0.650. The fourth-order valence-electron chi connectivity index (χ4n) is 6.19. The van der Waals surface area contributed by atoms with Crippen molar-refractivity contribution in [2.45, 2.75) is 146 Å². The Morgan fingerprint density at radius 3 is 2.11 bits per heavy atom. The van der Waals surface area contributed by atoms with Gasteiger partial charge in [-0.05, 0) is 96.6 Å². The summed E-state index contributed by atoms with van der Waals surface area (Å²) < 4.78 is 22.6. The quantitative estimate of drug-likeness (QED) is 0.0980. The molecule has 0 saturated carbocycles. The highest BCUT2D eigenvalue weighted by Gasteiger charge is 2.48. The number of nitrogens with zero attached hydrogens (tertiary/aromatic N) is 2. The molecule has 0 aromatic rings. The third-order valence-corrected chi connectivity index (χ3v) is 10.3. The summed E-state index contributed by atoms with van der Waals surface area (Å²) in [5, 5.41) is 44.8. The fourth-order valence-corrected chi connectivity index (χ4v) is 6.91. The summed E-state index contributed by atoms with van der Waals surface area (Å²) in [6.45, 7) is 15.5. The number of aliphatic hydroxyl groups excluding tert-OH is 2. The van der Waals surface area contributed by atoms with E-state index < -0.39 is 69.9 Å². The number of carbonyl (C=O) groups is 2. The molecule has 44 heavy (non-hydrogen) atoms. The van der Waals surface area contributed by atoms with Gasteiger partial charge in [-0.15, -0.1) is 0 Å². The van der Waals surface area contributed by atoms with Gasteiger partial charge in [-0.25, -0.2) is 0 Å². The molecular formula is C31H59IN2O10. The molecule has 0 aliphatic carbocycles. The van der Waals surface area contributed by atoms with Gasteiger partial charge in [-0.2, -0.15) is 0 Å². The minimum Gasteiger partial charge on any atom is -0.455 e. The van der Waals surface area contributed by atoms with Crippen molar-refractivity contribution in [3.05, 3.63) is 0 Å². The van der Waals surface area contributed by atoms with Gasteiger partial charge in [0, 0.05) is 32.4 Å². The number of alkyl halides is 1. The van der Waals surface area contributed by atoms with Crippen molar-refractivity contribution in [3.8, 4) is 0 Å². The molecule has 1 fully saturated rings. The minimum absolute atomic E-state index is 0.125. The Kier molecular flexibility index (Phi) is 16.4. The van der Waals surface area contributed by atoms with Gasteiger partial charge < -0.3 is 49.2 Å². The van der Waals surface area contributed by atoms with Crippen LogP contribution in [0.4, 0.5) is 0 Å². The number of aliphatic hydroxyl groups is 4. The van der Waals surface area contributed by atoms with Gasteiger partial charge >= 0.3 is 11.9 Å². The van der Waals surface area contributed by atoms with Crippen molar-refractivity contribution in [2.24, 2.45) is 11.8 Å². The smallest absolute Gasteiger partial charge is 0.303 e. The van der Waals surface area contributed by atoms with E-state index in [4.69, 9.17) is 18.9 Å². The lowest BCUT2D eigenvalue weighted by Gasteiger charge is -2.47. The first-order valence-electron chi connectivity index (χ1n) is 15.5. The van der Waals surface area contributed by atoms with Crippen LogP contribution in [0.2, 0.25) is 0 Å². The van der Waals surface area contributed by atoms with Crippen molar-refractivity contribution in [2.75, 3.05) is 27.7 Å². The van der Waals surface area contributed by atoms with Gasteiger partial charge in [0.05, 0.1) is 30.0 Å². The van der Waals surface area contributed by atoms with E-state index in [2.05, 4.69) is 0 Å². The van der Waals surface area contributed by atoms with Crippen LogP contribution in [0.1, 0.15) is 81.6 Å². The van der Waals surface area contributed by atoms with Crippen molar-refractivity contribution < 1.29 is 49.0 Å². The summed E-state index contributed by atoms with van der Waals surface area (Å²) in [6.07, 6.45) is -3.46. The zero-order valence-corrected chi connectivity index (χ0v) is 30.8. The summed E-state index contributed by atoms with van der Waals surface area (Å²) in [4.78, 5) is 27.3. The van der Waals surface area contributed by atoms with Crippen molar-refractivity contribution in [1.29, 1.82) is 0 Å². The molecule has 1 aliphatic rings. The van der Waals surface area contributed by atoms with E-state index in [1.54, 1.807) is 36.4 Å². The Morgan fingerprint density at radius 1 is 1.07 bits per heavy atom. The van der Waals surface area contributed by atoms with Crippen molar-refractivity contribution in [3.63, 3.8) is 0 Å². The number of esters is 2. The number of carbonyl (C=O) groups excluding carboxylic acids is 2. The van der Waals surface area contributed by atoms with Crippen LogP contribution in [0.3, 0.4) is 0 Å². The van der Waals surface area contributed by atoms with Crippen molar-refractivity contribution in [1.82, 2.24) is 9.80 Å². The molecule has 4 N–H and O–H groups in total. The molecule has 0 radical (unpaired) electrons. The summed E-state index contributed by atoms with van der Waals surface area (Å²) in [5.41, 5.74) is -3.15. The molecule has 0 amide bonds. The molecule has 1 saturated heterocycles. The van der Waals surface area contributed by atoms with E-state index in [1.165, 1.54) is 20.8 Å². The van der Waals surface area contributed by atoms with Gasteiger partial charge in [0.25, 0.3) is 0 Å². The highest BCUT2D eigenvalue weighted by atomic mass is 127. The molecule has 0 bridgehead atoms. The molecule has 1 aliphatic heterocycles. The topological polar surface area (TPSA) is 158 Å². The van der Waals surface area contributed by atoms with Crippen LogP contribution < -0.4 is 0 Å². The van der Waals surface area contributed by atoms with Gasteiger partial charge in [0.15, 0.2) is 16.5 Å². The average molecular weight is 747 g/mol. The summed E-state index contributed by atoms with van der Waals surface area (Å²) in [7, 11) is 5.61. The van der Waals surface area contributed by atoms with Crippen LogP contribution in [-0.2, 0) is 28.5 Å². The molecule has 1 heterocycles. The van der Waals surface area contributed by atoms with Crippen LogP contribution in [-0.4, -0.2) is 134 Å². The van der Waals surface area contributed by atoms with Crippen LogP contribution in [0, 0.1) is 11.8 Å². The second-order valence-electron chi connectivity index (χ2n) is 13.5. The maximum atomic E-state index is 12.1. The number of likely N-dealkylation sites (N-methyl/N-ethyl adjacent to an activating group) is 2. The first-order valence-corrected chi connectivity index (χ1v) is 16.8. The maximum Gasteiger partial charge on any atom is 0.303 e. The van der Waals surface area contributed by atoms with E-state index in [1.807, 2.05) is 58.6 Å². The van der Waals surface area contributed by atoms with Gasteiger partial charge in [-0.1, -0.05) is 20.8 Å². The normalized spacial score (nSPS) is 28.6. The summed E-state index contributed by atoms with van der Waals surface area (Å²) in [6, 6.07) is -0.701.